The number of rotatable bonds is 7. The van der Waals surface area contributed by atoms with E-state index in [4.69, 9.17) is 5.73 Å². The predicted octanol–water partition coefficient (Wildman–Crippen LogP) is 2.95. The van der Waals surface area contributed by atoms with E-state index in [-0.39, 0.29) is 12.1 Å². The minimum absolute atomic E-state index is 0.211. The maximum atomic E-state index is 13.3. The standard InChI is InChI=1S/C13H17F3N2O/c14-9-6-7-10(13(16)12(9)15)18-11(19)5-3-1-2-4-8-17/h6-7H,1-5,8,17H2,(H,18,19). The molecule has 19 heavy (non-hydrogen) atoms. The van der Waals surface area contributed by atoms with Crippen molar-refractivity contribution in [1.29, 1.82) is 0 Å². The monoisotopic (exact) mass is 274 g/mol. The van der Waals surface area contributed by atoms with Crippen LogP contribution in [0.4, 0.5) is 18.9 Å². The number of carbonyl (C=O) groups excluding carboxylic acids is 1. The first kappa shape index (κ1) is 15.5. The van der Waals surface area contributed by atoms with Crippen molar-refractivity contribution in [2.45, 2.75) is 32.1 Å². The minimum atomic E-state index is -1.58. The second-order valence-corrected chi connectivity index (χ2v) is 4.22. The molecule has 0 fully saturated rings. The third kappa shape index (κ3) is 4.90. The van der Waals surface area contributed by atoms with Gasteiger partial charge in [0.05, 0.1) is 5.69 Å². The van der Waals surface area contributed by atoms with Gasteiger partial charge in [-0.05, 0) is 31.5 Å². The molecule has 0 aliphatic heterocycles. The lowest BCUT2D eigenvalue weighted by molar-refractivity contribution is -0.116. The number of hydrogen-bond donors (Lipinski definition) is 2. The number of anilines is 1. The molecule has 0 radical (unpaired) electrons. The van der Waals surface area contributed by atoms with Crippen LogP contribution >= 0.6 is 0 Å². The van der Waals surface area contributed by atoms with Crippen LogP contribution in [0.15, 0.2) is 12.1 Å². The molecule has 0 bridgehead atoms. The Labute approximate surface area is 110 Å². The lowest BCUT2D eigenvalue weighted by Gasteiger charge is -2.07. The van der Waals surface area contributed by atoms with E-state index in [9.17, 15) is 18.0 Å². The molecular formula is C13H17F3N2O. The van der Waals surface area contributed by atoms with Gasteiger partial charge in [-0.25, -0.2) is 13.2 Å². The third-order valence-electron chi connectivity index (χ3n) is 2.67. The summed E-state index contributed by atoms with van der Waals surface area (Å²) in [5.74, 6) is -4.66. The number of hydrogen-bond acceptors (Lipinski definition) is 2. The molecule has 106 valence electrons. The zero-order valence-corrected chi connectivity index (χ0v) is 10.5. The first-order valence-electron chi connectivity index (χ1n) is 6.19. The van der Waals surface area contributed by atoms with Gasteiger partial charge in [-0.1, -0.05) is 12.8 Å². The predicted molar refractivity (Wildman–Crippen MR) is 67.1 cm³/mol. The SMILES string of the molecule is NCCCCCCC(=O)Nc1ccc(F)c(F)c1F. The van der Waals surface area contributed by atoms with Gasteiger partial charge in [-0.15, -0.1) is 0 Å². The van der Waals surface area contributed by atoms with Gasteiger partial charge in [0.1, 0.15) is 0 Å². The van der Waals surface area contributed by atoms with Crippen LogP contribution in [-0.4, -0.2) is 12.5 Å². The number of halogens is 3. The van der Waals surface area contributed by atoms with Crippen molar-refractivity contribution < 1.29 is 18.0 Å². The Morgan fingerprint density at radius 3 is 2.42 bits per heavy atom. The second kappa shape index (κ2) is 7.78. The summed E-state index contributed by atoms with van der Waals surface area (Å²) in [7, 11) is 0. The summed E-state index contributed by atoms with van der Waals surface area (Å²) in [6, 6.07) is 1.77. The molecule has 0 unspecified atom stereocenters. The van der Waals surface area contributed by atoms with E-state index in [0.717, 1.165) is 31.4 Å². The van der Waals surface area contributed by atoms with E-state index in [1.54, 1.807) is 0 Å². The van der Waals surface area contributed by atoms with Gasteiger partial charge >= 0.3 is 0 Å². The molecule has 0 saturated heterocycles. The lowest BCUT2D eigenvalue weighted by atomic mass is 10.1. The fraction of sp³-hybridized carbons (Fsp3) is 0.462. The first-order valence-corrected chi connectivity index (χ1v) is 6.19. The maximum Gasteiger partial charge on any atom is 0.224 e. The van der Waals surface area contributed by atoms with E-state index in [0.29, 0.717) is 13.0 Å². The average Bonchev–Trinajstić information content (AvgIpc) is 2.39. The zero-order valence-electron chi connectivity index (χ0n) is 10.5. The lowest BCUT2D eigenvalue weighted by Crippen LogP contribution is -2.13. The van der Waals surface area contributed by atoms with Crippen molar-refractivity contribution >= 4 is 11.6 Å². The topological polar surface area (TPSA) is 55.1 Å². The molecule has 0 spiro atoms. The molecule has 0 aromatic heterocycles. The Bertz CT molecular complexity index is 438. The Hall–Kier alpha value is -1.56. The molecule has 0 heterocycles. The molecule has 1 aromatic rings. The normalized spacial score (nSPS) is 10.5. The van der Waals surface area contributed by atoms with Crippen LogP contribution in [0.2, 0.25) is 0 Å². The van der Waals surface area contributed by atoms with E-state index in [1.165, 1.54) is 0 Å². The van der Waals surface area contributed by atoms with Gasteiger partial charge in [0.25, 0.3) is 0 Å². The molecule has 3 nitrogen and oxygen atoms in total. The molecule has 0 saturated carbocycles. The Morgan fingerprint density at radius 2 is 1.74 bits per heavy atom. The van der Waals surface area contributed by atoms with Crippen LogP contribution in [0.1, 0.15) is 32.1 Å². The van der Waals surface area contributed by atoms with Gasteiger partial charge in [0.2, 0.25) is 5.91 Å². The summed E-state index contributed by atoms with van der Waals surface area (Å²) in [5.41, 5.74) is 4.99. The van der Waals surface area contributed by atoms with Crippen molar-refractivity contribution in [2.24, 2.45) is 5.73 Å². The summed E-state index contributed by atoms with van der Waals surface area (Å²) in [5, 5.41) is 2.22. The average molecular weight is 274 g/mol. The highest BCUT2D eigenvalue weighted by molar-refractivity contribution is 5.90. The summed E-state index contributed by atoms with van der Waals surface area (Å²) in [4.78, 5) is 11.5. The quantitative estimate of drug-likeness (QED) is 0.593. The van der Waals surface area contributed by atoms with Gasteiger partial charge in [0.15, 0.2) is 17.5 Å². The molecule has 1 aromatic carbocycles. The third-order valence-corrected chi connectivity index (χ3v) is 2.67. The number of carbonyl (C=O) groups is 1. The Morgan fingerprint density at radius 1 is 1.05 bits per heavy atom. The first-order chi connectivity index (χ1) is 9.06. The van der Waals surface area contributed by atoms with Crippen LogP contribution in [0.25, 0.3) is 0 Å². The zero-order chi connectivity index (χ0) is 14.3. The van der Waals surface area contributed by atoms with Crippen LogP contribution in [0.3, 0.4) is 0 Å². The fourth-order valence-electron chi connectivity index (χ4n) is 1.62. The molecule has 6 heteroatoms. The van der Waals surface area contributed by atoms with E-state index >= 15 is 0 Å². The van der Waals surface area contributed by atoms with Crippen molar-refractivity contribution in [3.63, 3.8) is 0 Å². The molecule has 0 atom stereocenters. The van der Waals surface area contributed by atoms with Gasteiger partial charge in [0, 0.05) is 6.42 Å². The van der Waals surface area contributed by atoms with Gasteiger partial charge < -0.3 is 11.1 Å². The summed E-state index contributed by atoms with van der Waals surface area (Å²) >= 11 is 0. The molecule has 0 aliphatic carbocycles. The van der Waals surface area contributed by atoms with Crippen LogP contribution in [0, 0.1) is 17.5 Å². The second-order valence-electron chi connectivity index (χ2n) is 4.22. The smallest absolute Gasteiger partial charge is 0.224 e. The highest BCUT2D eigenvalue weighted by Gasteiger charge is 2.14. The van der Waals surface area contributed by atoms with E-state index in [2.05, 4.69) is 5.32 Å². The van der Waals surface area contributed by atoms with Gasteiger partial charge in [-0.2, -0.15) is 0 Å². The molecular weight excluding hydrogens is 257 g/mol. The minimum Gasteiger partial charge on any atom is -0.330 e. The number of unbranched alkanes of at least 4 members (excludes halogenated alkanes) is 3. The molecule has 1 amide bonds. The van der Waals surface area contributed by atoms with Crippen LogP contribution < -0.4 is 11.1 Å². The van der Waals surface area contributed by atoms with Gasteiger partial charge in [-0.3, -0.25) is 4.79 Å². The molecule has 0 aliphatic rings. The van der Waals surface area contributed by atoms with Crippen molar-refractivity contribution in [3.8, 4) is 0 Å². The fourth-order valence-corrected chi connectivity index (χ4v) is 1.62. The highest BCUT2D eigenvalue weighted by Crippen LogP contribution is 2.19. The van der Waals surface area contributed by atoms with Crippen molar-refractivity contribution in [2.75, 3.05) is 11.9 Å². The van der Waals surface area contributed by atoms with Crippen molar-refractivity contribution in [3.05, 3.63) is 29.6 Å². The number of nitrogens with two attached hydrogens (primary N) is 1. The summed E-state index contributed by atoms with van der Waals surface area (Å²) in [6.07, 6.45) is 3.55. The van der Waals surface area contributed by atoms with E-state index < -0.39 is 23.4 Å². The molecule has 1 rings (SSSR count). The highest BCUT2D eigenvalue weighted by atomic mass is 19.2. The van der Waals surface area contributed by atoms with Crippen molar-refractivity contribution in [1.82, 2.24) is 0 Å². The largest absolute Gasteiger partial charge is 0.330 e. The number of nitrogens with one attached hydrogen (secondary N) is 1. The Balaban J connectivity index is 2.42. The Kier molecular flexibility index (Phi) is 6.35. The summed E-state index contributed by atoms with van der Waals surface area (Å²) in [6.45, 7) is 0.617. The van der Waals surface area contributed by atoms with Crippen LogP contribution in [0.5, 0.6) is 0 Å². The molecule has 3 N–H and O–H groups in total. The summed E-state index contributed by atoms with van der Waals surface area (Å²) < 4.78 is 38.9. The van der Waals surface area contributed by atoms with Crippen LogP contribution in [-0.2, 0) is 4.79 Å². The maximum absolute atomic E-state index is 13.3. The number of amides is 1. The number of benzene rings is 1. The van der Waals surface area contributed by atoms with E-state index in [1.807, 2.05) is 0 Å².